The Morgan fingerprint density at radius 1 is 1.41 bits per heavy atom. The van der Waals surface area contributed by atoms with Crippen molar-refractivity contribution in [3.8, 4) is 6.07 Å². The number of nitro benzene ring substituents is 1. The molecule has 7 nitrogen and oxygen atoms in total. The number of nitrogens with zero attached hydrogens (tertiary/aromatic N) is 2. The molecular weight excluding hydrogens is 288 g/mol. The summed E-state index contributed by atoms with van der Waals surface area (Å²) < 4.78 is 9.53. The second-order valence-electron chi connectivity index (χ2n) is 4.00. The lowest BCUT2D eigenvalue weighted by molar-refractivity contribution is -0.385. The number of esters is 1. The predicted molar refractivity (Wildman–Crippen MR) is 78.7 cm³/mol. The van der Waals surface area contributed by atoms with Crippen molar-refractivity contribution in [2.45, 2.75) is 0 Å². The number of carbonyl (C=O) groups is 1. The second-order valence-corrected chi connectivity index (χ2v) is 4.00. The number of allylic oxidation sites excluding steroid dienone is 2. The number of ether oxygens (including phenoxy) is 2. The van der Waals surface area contributed by atoms with Crippen LogP contribution in [0.5, 0.6) is 0 Å². The molecule has 22 heavy (non-hydrogen) atoms. The molecule has 7 heteroatoms. The van der Waals surface area contributed by atoms with Gasteiger partial charge in [-0.2, -0.15) is 5.26 Å². The number of benzene rings is 1. The number of nitriles is 1. The smallest absolute Gasteiger partial charge is 0.348 e. The molecule has 0 N–H and O–H groups in total. The molecule has 0 amide bonds. The summed E-state index contributed by atoms with van der Waals surface area (Å²) in [6.45, 7) is 0.277. The van der Waals surface area contributed by atoms with Gasteiger partial charge in [-0.3, -0.25) is 10.1 Å². The summed E-state index contributed by atoms with van der Waals surface area (Å²) in [5, 5.41) is 19.7. The van der Waals surface area contributed by atoms with E-state index in [2.05, 4.69) is 0 Å². The second kappa shape index (κ2) is 9.05. The maximum absolute atomic E-state index is 11.6. The number of methoxy groups -OCH3 is 1. The molecule has 1 aromatic rings. The average molecular weight is 302 g/mol. The molecular formula is C15H14N2O5. The summed E-state index contributed by atoms with van der Waals surface area (Å²) in [5.41, 5.74) is 0.105. The lowest BCUT2D eigenvalue weighted by Crippen LogP contribution is -2.10. The standard InChI is InChI=1S/C15H14N2O5/c1-21-9-10-22-15(18)13(11-16)7-4-6-12-5-2-3-8-14(12)17(19)20/h2-8H,9-10H2,1H3. The Balaban J connectivity index is 2.82. The first-order chi connectivity index (χ1) is 10.6. The van der Waals surface area contributed by atoms with E-state index in [9.17, 15) is 14.9 Å². The quantitative estimate of drug-likeness (QED) is 0.145. The number of hydrogen-bond donors (Lipinski definition) is 0. The minimum absolute atomic E-state index is 0.0439. The van der Waals surface area contributed by atoms with Crippen molar-refractivity contribution >= 4 is 17.7 Å². The van der Waals surface area contributed by atoms with Gasteiger partial charge in [0.05, 0.1) is 17.1 Å². The Bertz CT molecular complexity index is 644. The van der Waals surface area contributed by atoms with Crippen LogP contribution >= 0.6 is 0 Å². The van der Waals surface area contributed by atoms with Crippen LogP contribution in [0, 0.1) is 21.4 Å². The normalized spacial score (nSPS) is 11.2. The highest BCUT2D eigenvalue weighted by Gasteiger charge is 2.10. The highest BCUT2D eigenvalue weighted by molar-refractivity contribution is 5.93. The molecule has 0 aliphatic carbocycles. The van der Waals surface area contributed by atoms with Crippen LogP contribution in [0.25, 0.3) is 6.08 Å². The van der Waals surface area contributed by atoms with E-state index in [0.717, 1.165) is 0 Å². The molecule has 0 atom stereocenters. The molecule has 0 aliphatic rings. The van der Waals surface area contributed by atoms with Gasteiger partial charge in [-0.05, 0) is 18.2 Å². The molecule has 0 fully saturated rings. The van der Waals surface area contributed by atoms with Crippen molar-refractivity contribution in [2.75, 3.05) is 20.3 Å². The first kappa shape index (κ1) is 17.1. The lowest BCUT2D eigenvalue weighted by Gasteiger charge is -2.01. The average Bonchev–Trinajstić information content (AvgIpc) is 2.52. The van der Waals surface area contributed by atoms with Crippen LogP contribution in [-0.4, -0.2) is 31.2 Å². The zero-order valence-electron chi connectivity index (χ0n) is 11.9. The van der Waals surface area contributed by atoms with Crippen molar-refractivity contribution in [1.29, 1.82) is 5.26 Å². The summed E-state index contributed by atoms with van der Waals surface area (Å²) >= 11 is 0. The zero-order chi connectivity index (χ0) is 16.4. The number of para-hydroxylation sites is 1. The van der Waals surface area contributed by atoms with Gasteiger partial charge >= 0.3 is 5.97 Å². The van der Waals surface area contributed by atoms with Crippen molar-refractivity contribution in [2.24, 2.45) is 0 Å². The van der Waals surface area contributed by atoms with E-state index in [1.807, 2.05) is 0 Å². The fraction of sp³-hybridized carbons (Fsp3) is 0.200. The van der Waals surface area contributed by atoms with Crippen LogP contribution in [0.1, 0.15) is 5.56 Å². The third-order valence-corrected chi connectivity index (χ3v) is 2.53. The molecule has 0 radical (unpaired) electrons. The van der Waals surface area contributed by atoms with E-state index in [4.69, 9.17) is 14.7 Å². The predicted octanol–water partition coefficient (Wildman–Crippen LogP) is 2.25. The van der Waals surface area contributed by atoms with E-state index in [1.165, 1.54) is 31.4 Å². The number of carbonyl (C=O) groups excluding carboxylic acids is 1. The van der Waals surface area contributed by atoms with E-state index < -0.39 is 10.9 Å². The van der Waals surface area contributed by atoms with Gasteiger partial charge in [-0.15, -0.1) is 0 Å². The van der Waals surface area contributed by atoms with Gasteiger partial charge < -0.3 is 9.47 Å². The summed E-state index contributed by atoms with van der Waals surface area (Å²) in [7, 11) is 1.46. The summed E-state index contributed by atoms with van der Waals surface area (Å²) in [5.74, 6) is -0.772. The summed E-state index contributed by atoms with van der Waals surface area (Å²) in [6.07, 6.45) is 4.07. The van der Waals surface area contributed by atoms with Crippen molar-refractivity contribution in [1.82, 2.24) is 0 Å². The number of rotatable bonds is 7. The maximum atomic E-state index is 11.6. The van der Waals surface area contributed by atoms with Crippen molar-refractivity contribution in [3.05, 3.63) is 57.7 Å². The van der Waals surface area contributed by atoms with Gasteiger partial charge in [-0.25, -0.2) is 4.79 Å². The monoisotopic (exact) mass is 302 g/mol. The molecule has 0 bridgehead atoms. The van der Waals surface area contributed by atoms with Gasteiger partial charge in [0.25, 0.3) is 5.69 Å². The van der Waals surface area contributed by atoms with Gasteiger partial charge in [0.2, 0.25) is 0 Å². The first-order valence-electron chi connectivity index (χ1n) is 6.28. The Kier molecular flexibility index (Phi) is 7.02. The molecule has 1 aromatic carbocycles. The molecule has 0 saturated carbocycles. The third-order valence-electron chi connectivity index (χ3n) is 2.53. The minimum Gasteiger partial charge on any atom is -0.459 e. The molecule has 0 aliphatic heterocycles. The fourth-order valence-corrected chi connectivity index (χ4v) is 1.49. The largest absolute Gasteiger partial charge is 0.459 e. The molecule has 0 aromatic heterocycles. The molecule has 0 unspecified atom stereocenters. The van der Waals surface area contributed by atoms with Crippen LogP contribution in [0.4, 0.5) is 5.69 Å². The maximum Gasteiger partial charge on any atom is 0.348 e. The Labute approximate surface area is 127 Å². The highest BCUT2D eigenvalue weighted by atomic mass is 16.6. The first-order valence-corrected chi connectivity index (χ1v) is 6.28. The van der Waals surface area contributed by atoms with Crippen LogP contribution in [-0.2, 0) is 14.3 Å². The Morgan fingerprint density at radius 3 is 2.77 bits per heavy atom. The topological polar surface area (TPSA) is 102 Å². The van der Waals surface area contributed by atoms with Crippen molar-refractivity contribution in [3.63, 3.8) is 0 Å². The number of nitro groups is 1. The van der Waals surface area contributed by atoms with Crippen LogP contribution in [0.3, 0.4) is 0 Å². The van der Waals surface area contributed by atoms with Gasteiger partial charge in [0, 0.05) is 13.2 Å². The minimum atomic E-state index is -0.772. The van der Waals surface area contributed by atoms with Crippen molar-refractivity contribution < 1.29 is 19.2 Å². The SMILES string of the molecule is COCCOC(=O)C(C#N)=CC=Cc1ccccc1[N+](=O)[O-]. The van der Waals surface area contributed by atoms with E-state index in [0.29, 0.717) is 5.56 Å². The van der Waals surface area contributed by atoms with Crippen LogP contribution in [0.2, 0.25) is 0 Å². The molecule has 1 rings (SSSR count). The van der Waals surface area contributed by atoms with Crippen LogP contribution < -0.4 is 0 Å². The third kappa shape index (κ3) is 5.19. The highest BCUT2D eigenvalue weighted by Crippen LogP contribution is 2.19. The molecule has 0 heterocycles. The zero-order valence-corrected chi connectivity index (χ0v) is 11.9. The lowest BCUT2D eigenvalue weighted by atomic mass is 10.1. The number of hydrogen-bond acceptors (Lipinski definition) is 6. The van der Waals surface area contributed by atoms with E-state index >= 15 is 0 Å². The van der Waals surface area contributed by atoms with E-state index in [1.54, 1.807) is 24.3 Å². The Hall–Kier alpha value is -2.98. The van der Waals surface area contributed by atoms with E-state index in [-0.39, 0.29) is 24.5 Å². The van der Waals surface area contributed by atoms with Gasteiger partial charge in [-0.1, -0.05) is 18.2 Å². The summed E-state index contributed by atoms with van der Waals surface area (Å²) in [6, 6.07) is 7.85. The Morgan fingerprint density at radius 2 is 2.14 bits per heavy atom. The molecule has 114 valence electrons. The van der Waals surface area contributed by atoms with Crippen LogP contribution in [0.15, 0.2) is 42.0 Å². The van der Waals surface area contributed by atoms with Gasteiger partial charge in [0.1, 0.15) is 18.2 Å². The molecule has 0 saturated heterocycles. The fourth-order valence-electron chi connectivity index (χ4n) is 1.49. The molecule has 0 spiro atoms. The summed E-state index contributed by atoms with van der Waals surface area (Å²) in [4.78, 5) is 21.9. The van der Waals surface area contributed by atoms with Gasteiger partial charge in [0.15, 0.2) is 0 Å².